The van der Waals surface area contributed by atoms with Crippen molar-refractivity contribution < 1.29 is 14.4 Å². The highest BCUT2D eigenvalue weighted by atomic mass is 79.9. The Kier molecular flexibility index (Phi) is 5.50. The molecule has 0 spiro atoms. The van der Waals surface area contributed by atoms with Crippen LogP contribution < -0.4 is 4.74 Å². The molecular formula is C16H21BrN2O4. The van der Waals surface area contributed by atoms with Crippen molar-refractivity contribution in [3.8, 4) is 5.75 Å². The predicted octanol–water partition coefficient (Wildman–Crippen LogP) is 2.91. The lowest BCUT2D eigenvalue weighted by Gasteiger charge is -2.33. The number of nitro benzene ring substituents is 1. The molecule has 0 aromatic heterocycles. The largest absolute Gasteiger partial charge is 0.482 e. The molecule has 1 fully saturated rings. The lowest BCUT2D eigenvalue weighted by Crippen LogP contribution is -2.43. The summed E-state index contributed by atoms with van der Waals surface area (Å²) in [6, 6.07) is 3.79. The monoisotopic (exact) mass is 384 g/mol. The Bertz CT molecular complexity index is 575. The van der Waals surface area contributed by atoms with Crippen LogP contribution in [0.3, 0.4) is 0 Å². The molecule has 2 aliphatic rings. The molecule has 1 aliphatic heterocycles. The molecule has 1 unspecified atom stereocenters. The maximum Gasteiger partial charge on any atom is 0.273 e. The summed E-state index contributed by atoms with van der Waals surface area (Å²) in [5, 5.41) is 11.2. The quantitative estimate of drug-likeness (QED) is 0.345. The predicted molar refractivity (Wildman–Crippen MR) is 90.3 cm³/mol. The van der Waals surface area contributed by atoms with Gasteiger partial charge in [0.2, 0.25) is 0 Å². The van der Waals surface area contributed by atoms with E-state index in [9.17, 15) is 10.1 Å². The third-order valence-corrected chi connectivity index (χ3v) is 4.97. The van der Waals surface area contributed by atoms with Crippen LogP contribution in [0.25, 0.3) is 0 Å². The van der Waals surface area contributed by atoms with Crippen LogP contribution in [0, 0.1) is 10.1 Å². The van der Waals surface area contributed by atoms with Gasteiger partial charge in [-0.1, -0.05) is 0 Å². The zero-order valence-electron chi connectivity index (χ0n) is 13.0. The van der Waals surface area contributed by atoms with E-state index >= 15 is 0 Å². The van der Waals surface area contributed by atoms with Gasteiger partial charge >= 0.3 is 0 Å². The molecule has 1 aliphatic carbocycles. The molecule has 0 radical (unpaired) electrons. The lowest BCUT2D eigenvalue weighted by molar-refractivity contribution is -0.385. The van der Waals surface area contributed by atoms with Gasteiger partial charge in [-0.05, 0) is 52.7 Å². The number of morpholine rings is 1. The van der Waals surface area contributed by atoms with Gasteiger partial charge in [0.1, 0.15) is 11.3 Å². The molecule has 7 heteroatoms. The molecule has 126 valence electrons. The van der Waals surface area contributed by atoms with Crippen LogP contribution >= 0.6 is 15.9 Å². The van der Waals surface area contributed by atoms with Crippen LogP contribution in [0.15, 0.2) is 12.1 Å². The van der Waals surface area contributed by atoms with Crippen molar-refractivity contribution in [2.75, 3.05) is 31.8 Å². The van der Waals surface area contributed by atoms with Gasteiger partial charge in [-0.15, -0.1) is 0 Å². The van der Waals surface area contributed by atoms with Gasteiger partial charge in [0.05, 0.1) is 24.2 Å². The van der Waals surface area contributed by atoms with E-state index in [1.807, 2.05) is 0 Å². The first-order valence-electron chi connectivity index (χ1n) is 8.00. The Balaban J connectivity index is 1.82. The highest BCUT2D eigenvalue weighted by molar-refractivity contribution is 9.09. The number of hydrogen-bond donors (Lipinski definition) is 0. The normalized spacial score (nSPS) is 22.2. The van der Waals surface area contributed by atoms with Crippen molar-refractivity contribution >= 4 is 21.6 Å². The summed E-state index contributed by atoms with van der Waals surface area (Å²) < 4.78 is 11.0. The summed E-state index contributed by atoms with van der Waals surface area (Å²) in [6.07, 6.45) is 3.85. The van der Waals surface area contributed by atoms with Crippen LogP contribution in [0.4, 0.5) is 5.69 Å². The first kappa shape index (κ1) is 16.7. The highest BCUT2D eigenvalue weighted by Crippen LogP contribution is 2.34. The lowest BCUT2D eigenvalue weighted by atomic mass is 10.0. The van der Waals surface area contributed by atoms with E-state index in [0.29, 0.717) is 17.3 Å². The second-order valence-electron chi connectivity index (χ2n) is 5.97. The number of nitro groups is 1. The van der Waals surface area contributed by atoms with Gasteiger partial charge < -0.3 is 9.47 Å². The minimum absolute atomic E-state index is 0.115. The number of halogens is 1. The summed E-state index contributed by atoms with van der Waals surface area (Å²) in [4.78, 5) is 13.3. The fraction of sp³-hybridized carbons (Fsp3) is 0.625. The Morgan fingerprint density at radius 1 is 1.30 bits per heavy atom. The van der Waals surface area contributed by atoms with Gasteiger partial charge in [0.15, 0.2) is 0 Å². The van der Waals surface area contributed by atoms with E-state index in [4.69, 9.17) is 9.47 Å². The van der Waals surface area contributed by atoms with Crippen molar-refractivity contribution in [1.82, 2.24) is 4.90 Å². The number of nitrogens with zero attached hydrogens (tertiary/aromatic N) is 2. The summed E-state index contributed by atoms with van der Waals surface area (Å²) in [5.41, 5.74) is 2.65. The maximum atomic E-state index is 11.2. The SMILES string of the molecule is O=[N+]([O-])c1cc2c(c(OCBr)c1)CCC(N1CCOCC1)CC2. The summed E-state index contributed by atoms with van der Waals surface area (Å²) in [6.45, 7) is 3.55. The topological polar surface area (TPSA) is 64.8 Å². The van der Waals surface area contributed by atoms with Gasteiger partial charge in [-0.3, -0.25) is 15.0 Å². The Hall–Kier alpha value is -1.18. The van der Waals surface area contributed by atoms with Crippen LogP contribution in [-0.2, 0) is 17.6 Å². The van der Waals surface area contributed by atoms with Gasteiger partial charge in [-0.2, -0.15) is 0 Å². The number of fused-ring (bicyclic) bond motifs is 1. The number of hydrogen-bond acceptors (Lipinski definition) is 5. The van der Waals surface area contributed by atoms with Gasteiger partial charge in [0.25, 0.3) is 5.69 Å². The minimum Gasteiger partial charge on any atom is -0.482 e. The number of benzene rings is 1. The molecule has 0 bridgehead atoms. The van der Waals surface area contributed by atoms with E-state index < -0.39 is 0 Å². The molecule has 0 N–H and O–H groups in total. The van der Waals surface area contributed by atoms with Crippen molar-refractivity contribution in [1.29, 1.82) is 0 Å². The fourth-order valence-electron chi connectivity index (χ4n) is 3.57. The van der Waals surface area contributed by atoms with E-state index in [0.717, 1.165) is 63.1 Å². The third kappa shape index (κ3) is 3.84. The van der Waals surface area contributed by atoms with Gasteiger partial charge in [0, 0.05) is 25.2 Å². The van der Waals surface area contributed by atoms with Crippen molar-refractivity contribution in [2.45, 2.75) is 31.7 Å². The molecule has 3 rings (SSSR count). The minimum atomic E-state index is -0.342. The van der Waals surface area contributed by atoms with E-state index in [1.165, 1.54) is 0 Å². The summed E-state index contributed by atoms with van der Waals surface area (Å²) in [7, 11) is 0. The number of alkyl halides is 1. The van der Waals surface area contributed by atoms with Crippen LogP contribution in [0.2, 0.25) is 0 Å². The van der Waals surface area contributed by atoms with Crippen molar-refractivity contribution in [3.05, 3.63) is 33.4 Å². The van der Waals surface area contributed by atoms with Crippen LogP contribution in [-0.4, -0.2) is 47.7 Å². The molecule has 23 heavy (non-hydrogen) atoms. The fourth-order valence-corrected chi connectivity index (χ4v) is 3.82. The smallest absolute Gasteiger partial charge is 0.273 e. The summed E-state index contributed by atoms with van der Waals surface area (Å²) in [5.74, 6) is 0.647. The van der Waals surface area contributed by atoms with E-state index in [1.54, 1.807) is 12.1 Å². The number of ether oxygens (including phenoxy) is 2. The summed E-state index contributed by atoms with van der Waals surface area (Å²) >= 11 is 3.26. The zero-order chi connectivity index (χ0) is 16.2. The number of aryl methyl sites for hydroxylation is 1. The zero-order valence-corrected chi connectivity index (χ0v) is 14.6. The Morgan fingerprint density at radius 2 is 2.04 bits per heavy atom. The molecule has 1 aromatic rings. The Labute approximate surface area is 144 Å². The second-order valence-corrected chi connectivity index (χ2v) is 6.43. The number of rotatable bonds is 4. The van der Waals surface area contributed by atoms with Gasteiger partial charge in [-0.25, -0.2) is 0 Å². The standard InChI is InChI=1S/C16H21BrN2O4/c17-11-23-16-10-14(19(20)21)9-12-1-2-13(3-4-15(12)16)18-5-7-22-8-6-18/h9-10,13H,1-8,11H2. The molecule has 6 nitrogen and oxygen atoms in total. The molecule has 1 saturated heterocycles. The first-order valence-corrected chi connectivity index (χ1v) is 9.12. The third-order valence-electron chi connectivity index (χ3n) is 4.74. The van der Waals surface area contributed by atoms with Crippen molar-refractivity contribution in [3.63, 3.8) is 0 Å². The average Bonchev–Trinajstić information content (AvgIpc) is 2.78. The Morgan fingerprint density at radius 3 is 2.74 bits per heavy atom. The molecule has 1 aromatic carbocycles. The number of non-ortho nitro benzene ring substituents is 1. The first-order chi connectivity index (χ1) is 11.2. The maximum absolute atomic E-state index is 11.2. The second kappa shape index (κ2) is 7.59. The molecule has 1 heterocycles. The van der Waals surface area contributed by atoms with Crippen LogP contribution in [0.5, 0.6) is 5.75 Å². The molecule has 0 amide bonds. The molecular weight excluding hydrogens is 364 g/mol. The highest BCUT2D eigenvalue weighted by Gasteiger charge is 2.26. The van der Waals surface area contributed by atoms with Crippen molar-refractivity contribution in [2.24, 2.45) is 0 Å². The molecule has 0 saturated carbocycles. The average molecular weight is 385 g/mol. The van der Waals surface area contributed by atoms with Crippen LogP contribution in [0.1, 0.15) is 24.0 Å². The van der Waals surface area contributed by atoms with E-state index in [-0.39, 0.29) is 10.6 Å². The molecule has 1 atom stereocenters. The van der Waals surface area contributed by atoms with E-state index in [2.05, 4.69) is 20.8 Å².